The summed E-state index contributed by atoms with van der Waals surface area (Å²) in [4.78, 5) is 0. The Morgan fingerprint density at radius 1 is 1.00 bits per heavy atom. The van der Waals surface area contributed by atoms with Crippen molar-refractivity contribution in [3.8, 4) is 0 Å². The minimum Gasteiger partial charge on any atom is -0.0884 e. The van der Waals surface area contributed by atoms with Crippen LogP contribution >= 0.6 is 0 Å². The van der Waals surface area contributed by atoms with E-state index in [1.807, 2.05) is 27.7 Å². The fraction of sp³-hybridized carbons (Fsp3) is 0.867. The zero-order valence-electron chi connectivity index (χ0n) is 12.1. The highest BCUT2D eigenvalue weighted by molar-refractivity contribution is 5.04. The summed E-state index contributed by atoms with van der Waals surface area (Å²) in [6.07, 6.45) is 8.05. The lowest BCUT2D eigenvalue weighted by atomic mass is 9.77. The Kier molecular flexibility index (Phi) is 13.5. The SMILES string of the molecule is C/C=C(\C)C1CCCCC1C.CC.CC. The Morgan fingerprint density at radius 3 is 1.87 bits per heavy atom. The van der Waals surface area contributed by atoms with Crippen LogP contribution in [0.3, 0.4) is 0 Å². The Labute approximate surface area is 98.2 Å². The second-order valence-electron chi connectivity index (χ2n) is 3.90. The lowest BCUT2D eigenvalue weighted by Crippen LogP contribution is -2.17. The van der Waals surface area contributed by atoms with Crippen molar-refractivity contribution in [2.75, 3.05) is 0 Å². The summed E-state index contributed by atoms with van der Waals surface area (Å²) >= 11 is 0. The molecule has 92 valence electrons. The Morgan fingerprint density at radius 2 is 1.47 bits per heavy atom. The van der Waals surface area contributed by atoms with Crippen LogP contribution in [0, 0.1) is 11.8 Å². The molecule has 0 aromatic rings. The van der Waals surface area contributed by atoms with Crippen LogP contribution in [0.25, 0.3) is 0 Å². The molecule has 0 bridgehead atoms. The molecular weight excluding hydrogens is 180 g/mol. The van der Waals surface area contributed by atoms with Crippen molar-refractivity contribution in [2.45, 2.75) is 74.1 Å². The molecule has 1 fully saturated rings. The topological polar surface area (TPSA) is 0 Å². The first-order valence-electron chi connectivity index (χ1n) is 6.88. The lowest BCUT2D eigenvalue weighted by molar-refractivity contribution is 0.293. The maximum Gasteiger partial charge on any atom is -0.0180 e. The molecule has 1 rings (SSSR count). The highest BCUT2D eigenvalue weighted by atomic mass is 14.3. The van der Waals surface area contributed by atoms with Gasteiger partial charge in [-0.05, 0) is 32.1 Å². The average Bonchev–Trinajstić information content (AvgIpc) is 2.34. The second-order valence-corrected chi connectivity index (χ2v) is 3.90. The molecule has 0 saturated heterocycles. The van der Waals surface area contributed by atoms with Gasteiger partial charge in [-0.2, -0.15) is 0 Å². The van der Waals surface area contributed by atoms with Crippen molar-refractivity contribution in [3.63, 3.8) is 0 Å². The summed E-state index contributed by atoms with van der Waals surface area (Å²) in [7, 11) is 0. The van der Waals surface area contributed by atoms with Crippen molar-refractivity contribution in [3.05, 3.63) is 11.6 Å². The van der Waals surface area contributed by atoms with E-state index in [2.05, 4.69) is 26.8 Å². The normalized spacial score (nSPS) is 25.7. The van der Waals surface area contributed by atoms with Gasteiger partial charge in [0.2, 0.25) is 0 Å². The van der Waals surface area contributed by atoms with Crippen LogP contribution in [0.5, 0.6) is 0 Å². The van der Waals surface area contributed by atoms with Gasteiger partial charge in [-0.1, -0.05) is 65.5 Å². The molecule has 0 heteroatoms. The monoisotopic (exact) mass is 212 g/mol. The third kappa shape index (κ3) is 6.76. The summed E-state index contributed by atoms with van der Waals surface area (Å²) in [6, 6.07) is 0. The van der Waals surface area contributed by atoms with Crippen LogP contribution in [0.15, 0.2) is 11.6 Å². The zero-order valence-corrected chi connectivity index (χ0v) is 12.1. The fourth-order valence-electron chi connectivity index (χ4n) is 2.21. The van der Waals surface area contributed by atoms with Crippen LogP contribution in [0.4, 0.5) is 0 Å². The van der Waals surface area contributed by atoms with E-state index in [0.29, 0.717) is 0 Å². The predicted octanol–water partition coefficient (Wildman–Crippen LogP) is 5.83. The van der Waals surface area contributed by atoms with Gasteiger partial charge in [0.1, 0.15) is 0 Å². The van der Waals surface area contributed by atoms with Gasteiger partial charge < -0.3 is 0 Å². The summed E-state index contributed by atoms with van der Waals surface area (Å²) in [5.41, 5.74) is 1.61. The van der Waals surface area contributed by atoms with E-state index < -0.39 is 0 Å². The number of rotatable bonds is 1. The molecule has 1 saturated carbocycles. The third-order valence-corrected chi connectivity index (χ3v) is 3.15. The predicted molar refractivity (Wildman–Crippen MR) is 73.2 cm³/mol. The van der Waals surface area contributed by atoms with Crippen molar-refractivity contribution in [1.82, 2.24) is 0 Å². The van der Waals surface area contributed by atoms with Crippen molar-refractivity contribution in [2.24, 2.45) is 11.8 Å². The molecule has 0 aromatic heterocycles. The molecule has 0 heterocycles. The van der Waals surface area contributed by atoms with Gasteiger partial charge in [0.05, 0.1) is 0 Å². The van der Waals surface area contributed by atoms with E-state index in [0.717, 1.165) is 11.8 Å². The second kappa shape index (κ2) is 11.8. The Hall–Kier alpha value is -0.260. The maximum atomic E-state index is 2.40. The van der Waals surface area contributed by atoms with Crippen molar-refractivity contribution in [1.29, 1.82) is 0 Å². The van der Waals surface area contributed by atoms with E-state index in [1.165, 1.54) is 25.7 Å². The molecule has 0 amide bonds. The van der Waals surface area contributed by atoms with Crippen molar-refractivity contribution >= 4 is 0 Å². The largest absolute Gasteiger partial charge is 0.0884 e. The first-order chi connectivity index (χ1) is 7.25. The lowest BCUT2D eigenvalue weighted by Gasteiger charge is -2.29. The molecule has 1 aliphatic carbocycles. The summed E-state index contributed by atoms with van der Waals surface area (Å²) in [5.74, 6) is 1.83. The number of hydrogen-bond donors (Lipinski definition) is 0. The van der Waals surface area contributed by atoms with E-state index in [1.54, 1.807) is 5.57 Å². The first-order valence-corrected chi connectivity index (χ1v) is 6.88. The molecule has 0 nitrogen and oxygen atoms in total. The van der Waals surface area contributed by atoms with Gasteiger partial charge in [-0.25, -0.2) is 0 Å². The maximum absolute atomic E-state index is 2.40. The van der Waals surface area contributed by atoms with E-state index >= 15 is 0 Å². The van der Waals surface area contributed by atoms with Gasteiger partial charge in [0.15, 0.2) is 0 Å². The minimum absolute atomic E-state index is 0.897. The van der Waals surface area contributed by atoms with Gasteiger partial charge in [-0.15, -0.1) is 0 Å². The molecular formula is C15H32. The molecule has 0 spiro atoms. The summed E-state index contributed by atoms with van der Waals surface area (Å²) in [5, 5.41) is 0. The molecule has 15 heavy (non-hydrogen) atoms. The number of allylic oxidation sites excluding steroid dienone is 2. The minimum atomic E-state index is 0.897. The highest BCUT2D eigenvalue weighted by Gasteiger charge is 2.21. The van der Waals surface area contributed by atoms with Crippen LogP contribution in [-0.4, -0.2) is 0 Å². The van der Waals surface area contributed by atoms with E-state index in [9.17, 15) is 0 Å². The Balaban J connectivity index is 0. The van der Waals surface area contributed by atoms with Crippen LogP contribution in [0.1, 0.15) is 74.1 Å². The van der Waals surface area contributed by atoms with Gasteiger partial charge in [0, 0.05) is 0 Å². The zero-order chi connectivity index (χ0) is 12.3. The van der Waals surface area contributed by atoms with Crippen LogP contribution in [-0.2, 0) is 0 Å². The summed E-state index contributed by atoms with van der Waals surface area (Å²) in [6.45, 7) is 14.8. The van der Waals surface area contributed by atoms with Crippen LogP contribution < -0.4 is 0 Å². The standard InChI is InChI=1S/C11H20.2C2H6/c1-4-9(2)11-8-6-5-7-10(11)3;2*1-2/h4,10-11H,5-8H2,1-3H3;2*1-2H3/b9-4+;;. The van der Waals surface area contributed by atoms with Gasteiger partial charge in [0.25, 0.3) is 0 Å². The first kappa shape index (κ1) is 17.1. The quantitative estimate of drug-likeness (QED) is 0.480. The smallest absolute Gasteiger partial charge is 0.0180 e. The average molecular weight is 212 g/mol. The van der Waals surface area contributed by atoms with E-state index in [4.69, 9.17) is 0 Å². The highest BCUT2D eigenvalue weighted by Crippen LogP contribution is 2.34. The number of hydrogen-bond acceptors (Lipinski definition) is 0. The molecule has 0 aromatic carbocycles. The Bertz CT molecular complexity index is 144. The summed E-state index contributed by atoms with van der Waals surface area (Å²) < 4.78 is 0. The van der Waals surface area contributed by atoms with E-state index in [-0.39, 0.29) is 0 Å². The van der Waals surface area contributed by atoms with Gasteiger partial charge >= 0.3 is 0 Å². The molecule has 2 atom stereocenters. The molecule has 2 unspecified atom stereocenters. The third-order valence-electron chi connectivity index (χ3n) is 3.15. The fourth-order valence-corrected chi connectivity index (χ4v) is 2.21. The van der Waals surface area contributed by atoms with Crippen LogP contribution in [0.2, 0.25) is 0 Å². The molecule has 0 radical (unpaired) electrons. The molecule has 0 aliphatic heterocycles. The van der Waals surface area contributed by atoms with Gasteiger partial charge in [-0.3, -0.25) is 0 Å². The van der Waals surface area contributed by atoms with Crippen molar-refractivity contribution < 1.29 is 0 Å². The molecule has 1 aliphatic rings. The molecule has 0 N–H and O–H groups in total.